The lowest BCUT2D eigenvalue weighted by atomic mass is 10.0. The van der Waals surface area contributed by atoms with E-state index in [1.807, 2.05) is 55.5 Å². The second-order valence-electron chi connectivity index (χ2n) is 7.59. The molecule has 0 aliphatic rings. The maximum Gasteiger partial charge on any atom is 0.264 e. The zero-order valence-electron chi connectivity index (χ0n) is 17.7. The quantitative estimate of drug-likeness (QED) is 0.367. The Hall–Kier alpha value is -3.08. The molecular formula is C26H22Cl2N2O2. The van der Waals surface area contributed by atoms with Crippen molar-refractivity contribution in [2.24, 2.45) is 0 Å². The summed E-state index contributed by atoms with van der Waals surface area (Å²) in [5.41, 5.74) is 2.31. The van der Waals surface area contributed by atoms with Crippen molar-refractivity contribution in [1.29, 1.82) is 0 Å². The van der Waals surface area contributed by atoms with E-state index in [0.717, 1.165) is 5.56 Å². The van der Waals surface area contributed by atoms with Gasteiger partial charge in [-0.3, -0.25) is 14.2 Å². The first-order chi connectivity index (χ1) is 15.4. The van der Waals surface area contributed by atoms with Crippen molar-refractivity contribution in [3.05, 3.63) is 110 Å². The summed E-state index contributed by atoms with van der Waals surface area (Å²) in [6, 6.07) is 21.6. The standard InChI is InChI=1S/C26H22Cl2N2O2/c1-3-22(17-9-7-10-18(27)15-17)29-25(31)23-16(2)30(19-11-5-4-6-12-19)26(32)24-20(23)13-8-14-21(24)28/h4-15,22H,3H2,1-2H3,(H,29,31)/t22-/m0/s1. The van der Waals surface area contributed by atoms with Gasteiger partial charge in [0.25, 0.3) is 11.5 Å². The summed E-state index contributed by atoms with van der Waals surface area (Å²) >= 11 is 12.6. The van der Waals surface area contributed by atoms with Gasteiger partial charge in [0.15, 0.2) is 0 Å². The van der Waals surface area contributed by atoms with Crippen molar-refractivity contribution in [1.82, 2.24) is 9.88 Å². The number of aromatic nitrogens is 1. The molecule has 0 unspecified atom stereocenters. The number of benzene rings is 3. The molecule has 0 aliphatic carbocycles. The highest BCUT2D eigenvalue weighted by atomic mass is 35.5. The Morgan fingerprint density at radius 3 is 2.41 bits per heavy atom. The molecule has 0 radical (unpaired) electrons. The fourth-order valence-electron chi connectivity index (χ4n) is 4.07. The molecule has 0 bridgehead atoms. The molecular weight excluding hydrogens is 443 g/mol. The first kappa shape index (κ1) is 22.1. The fourth-order valence-corrected chi connectivity index (χ4v) is 4.52. The Bertz CT molecular complexity index is 1360. The number of hydrogen-bond donors (Lipinski definition) is 1. The van der Waals surface area contributed by atoms with E-state index in [0.29, 0.717) is 44.2 Å². The van der Waals surface area contributed by atoms with Gasteiger partial charge in [-0.1, -0.05) is 72.6 Å². The molecule has 1 atom stereocenters. The van der Waals surface area contributed by atoms with Crippen molar-refractivity contribution in [3.8, 4) is 5.69 Å². The van der Waals surface area contributed by atoms with Crippen LogP contribution in [0.3, 0.4) is 0 Å². The molecule has 0 aliphatic heterocycles. The van der Waals surface area contributed by atoms with Gasteiger partial charge >= 0.3 is 0 Å². The second-order valence-corrected chi connectivity index (χ2v) is 8.43. The number of hydrogen-bond acceptors (Lipinski definition) is 2. The monoisotopic (exact) mass is 464 g/mol. The van der Waals surface area contributed by atoms with E-state index < -0.39 is 0 Å². The number of nitrogens with one attached hydrogen (secondary N) is 1. The molecule has 1 heterocycles. The zero-order chi connectivity index (χ0) is 22.8. The van der Waals surface area contributed by atoms with Gasteiger partial charge in [-0.25, -0.2) is 0 Å². The summed E-state index contributed by atoms with van der Waals surface area (Å²) < 4.78 is 1.55. The second kappa shape index (κ2) is 9.19. The predicted octanol–water partition coefficient (Wildman–Crippen LogP) is 6.49. The summed E-state index contributed by atoms with van der Waals surface area (Å²) in [5, 5.41) is 4.90. The van der Waals surface area contributed by atoms with E-state index >= 15 is 0 Å². The van der Waals surface area contributed by atoms with Gasteiger partial charge in [-0.05, 0) is 49.2 Å². The Morgan fingerprint density at radius 2 is 1.72 bits per heavy atom. The molecule has 0 spiro atoms. The van der Waals surface area contributed by atoms with Crippen molar-refractivity contribution in [3.63, 3.8) is 0 Å². The molecule has 0 saturated heterocycles. The summed E-state index contributed by atoms with van der Waals surface area (Å²) in [6.07, 6.45) is 0.683. The summed E-state index contributed by atoms with van der Waals surface area (Å²) in [4.78, 5) is 27.0. The molecule has 0 fully saturated rings. The molecule has 0 saturated carbocycles. The highest BCUT2D eigenvalue weighted by molar-refractivity contribution is 6.36. The summed E-state index contributed by atoms with van der Waals surface area (Å²) in [7, 11) is 0. The minimum atomic E-state index is -0.272. The number of halogens is 2. The van der Waals surface area contributed by atoms with Gasteiger partial charge in [0.05, 0.1) is 22.0 Å². The maximum atomic E-state index is 13.6. The van der Waals surface area contributed by atoms with Gasteiger partial charge in [-0.15, -0.1) is 0 Å². The lowest BCUT2D eigenvalue weighted by Crippen LogP contribution is -2.32. The molecule has 32 heavy (non-hydrogen) atoms. The maximum absolute atomic E-state index is 13.6. The van der Waals surface area contributed by atoms with Gasteiger partial charge in [0.2, 0.25) is 0 Å². The van der Waals surface area contributed by atoms with E-state index in [9.17, 15) is 9.59 Å². The highest BCUT2D eigenvalue weighted by Crippen LogP contribution is 2.28. The molecule has 6 heteroatoms. The Morgan fingerprint density at radius 1 is 1.00 bits per heavy atom. The van der Waals surface area contributed by atoms with Crippen LogP contribution in [0.15, 0.2) is 77.6 Å². The van der Waals surface area contributed by atoms with E-state index in [1.165, 1.54) is 0 Å². The fraction of sp³-hybridized carbons (Fsp3) is 0.154. The first-order valence-electron chi connectivity index (χ1n) is 10.4. The van der Waals surface area contributed by atoms with Crippen LogP contribution in [-0.4, -0.2) is 10.5 Å². The van der Waals surface area contributed by atoms with Crippen LogP contribution in [0.1, 0.15) is 41.0 Å². The van der Waals surface area contributed by atoms with Crippen molar-refractivity contribution in [2.75, 3.05) is 0 Å². The van der Waals surface area contributed by atoms with E-state index in [1.54, 1.807) is 35.8 Å². The van der Waals surface area contributed by atoms with Crippen LogP contribution in [0.5, 0.6) is 0 Å². The normalized spacial score (nSPS) is 12.0. The molecule has 1 N–H and O–H groups in total. The lowest BCUT2D eigenvalue weighted by molar-refractivity contribution is 0.0936. The number of para-hydroxylation sites is 1. The molecule has 3 aromatic carbocycles. The van der Waals surface area contributed by atoms with Gasteiger partial charge < -0.3 is 5.32 Å². The van der Waals surface area contributed by atoms with Crippen LogP contribution in [-0.2, 0) is 0 Å². The van der Waals surface area contributed by atoms with Gasteiger partial charge in [0.1, 0.15) is 0 Å². The van der Waals surface area contributed by atoms with Crippen LogP contribution >= 0.6 is 23.2 Å². The van der Waals surface area contributed by atoms with E-state index in [4.69, 9.17) is 23.2 Å². The van der Waals surface area contributed by atoms with Crippen LogP contribution in [0.25, 0.3) is 16.5 Å². The first-order valence-corrected chi connectivity index (χ1v) is 11.1. The van der Waals surface area contributed by atoms with Gasteiger partial charge in [0, 0.05) is 21.8 Å². The highest BCUT2D eigenvalue weighted by Gasteiger charge is 2.23. The van der Waals surface area contributed by atoms with E-state index in [-0.39, 0.29) is 17.5 Å². The number of amides is 1. The number of carbonyl (C=O) groups is 1. The molecule has 4 rings (SSSR count). The average Bonchev–Trinajstić information content (AvgIpc) is 2.78. The van der Waals surface area contributed by atoms with Crippen molar-refractivity contribution >= 4 is 39.9 Å². The van der Waals surface area contributed by atoms with Crippen LogP contribution in [0.2, 0.25) is 10.0 Å². The predicted molar refractivity (Wildman–Crippen MR) is 131 cm³/mol. The number of pyridine rings is 1. The molecule has 4 nitrogen and oxygen atoms in total. The molecule has 1 amide bonds. The number of fused-ring (bicyclic) bond motifs is 1. The van der Waals surface area contributed by atoms with Crippen LogP contribution < -0.4 is 10.9 Å². The number of rotatable bonds is 5. The Labute approximate surface area is 196 Å². The molecule has 1 aromatic heterocycles. The van der Waals surface area contributed by atoms with E-state index in [2.05, 4.69) is 5.32 Å². The molecule has 4 aromatic rings. The van der Waals surface area contributed by atoms with Crippen molar-refractivity contribution in [2.45, 2.75) is 26.3 Å². The van der Waals surface area contributed by atoms with Crippen LogP contribution in [0, 0.1) is 6.92 Å². The molecule has 162 valence electrons. The number of nitrogens with zero attached hydrogens (tertiary/aromatic N) is 1. The lowest BCUT2D eigenvalue weighted by Gasteiger charge is -2.21. The average molecular weight is 465 g/mol. The summed E-state index contributed by atoms with van der Waals surface area (Å²) in [5.74, 6) is -0.272. The smallest absolute Gasteiger partial charge is 0.264 e. The Kier molecular flexibility index (Phi) is 6.35. The third kappa shape index (κ3) is 4.04. The van der Waals surface area contributed by atoms with Crippen molar-refractivity contribution < 1.29 is 4.79 Å². The van der Waals surface area contributed by atoms with Crippen LogP contribution in [0.4, 0.5) is 0 Å². The summed E-state index contributed by atoms with van der Waals surface area (Å²) in [6.45, 7) is 3.78. The SMILES string of the molecule is CC[C@H](NC(=O)c1c(C)n(-c2ccccc2)c(=O)c2c(Cl)cccc12)c1cccc(Cl)c1. The van der Waals surface area contributed by atoms with Gasteiger partial charge in [-0.2, -0.15) is 0 Å². The Balaban J connectivity index is 1.91. The minimum absolute atomic E-state index is 0.230. The third-order valence-corrected chi connectivity index (χ3v) is 6.15. The third-order valence-electron chi connectivity index (χ3n) is 5.60. The topological polar surface area (TPSA) is 51.1 Å². The largest absolute Gasteiger partial charge is 0.345 e. The number of carbonyl (C=O) groups excluding carboxylic acids is 1. The zero-order valence-corrected chi connectivity index (χ0v) is 19.2. The minimum Gasteiger partial charge on any atom is -0.345 e.